The predicted molar refractivity (Wildman–Crippen MR) is 106 cm³/mol. The van der Waals surface area contributed by atoms with E-state index in [4.69, 9.17) is 4.52 Å². The number of nitrogens with zero attached hydrogens (tertiary/aromatic N) is 3. The topological polar surface area (TPSA) is 76.3 Å². The van der Waals surface area contributed by atoms with Crippen LogP contribution in [0.2, 0.25) is 0 Å². The summed E-state index contributed by atoms with van der Waals surface area (Å²) >= 11 is 0. The third-order valence-corrected chi connectivity index (χ3v) is 7.36. The van der Waals surface area contributed by atoms with Gasteiger partial charge in [0.15, 0.2) is 0 Å². The second-order valence-corrected chi connectivity index (χ2v) is 9.33. The van der Waals surface area contributed by atoms with Crippen molar-refractivity contribution in [3.8, 4) is 11.4 Å². The minimum absolute atomic E-state index is 0.00269. The van der Waals surface area contributed by atoms with Gasteiger partial charge in [-0.25, -0.2) is 12.8 Å². The molecule has 29 heavy (non-hydrogen) atoms. The van der Waals surface area contributed by atoms with Gasteiger partial charge in [0.05, 0.1) is 4.90 Å². The van der Waals surface area contributed by atoms with Gasteiger partial charge in [0.25, 0.3) is 0 Å². The highest BCUT2D eigenvalue weighted by Crippen LogP contribution is 2.31. The van der Waals surface area contributed by atoms with Crippen LogP contribution in [-0.4, -0.2) is 36.0 Å². The number of benzene rings is 2. The van der Waals surface area contributed by atoms with Crippen molar-refractivity contribution in [3.05, 3.63) is 65.3 Å². The molecule has 0 unspecified atom stereocenters. The zero-order chi connectivity index (χ0) is 20.6. The van der Waals surface area contributed by atoms with E-state index in [-0.39, 0.29) is 11.7 Å². The van der Waals surface area contributed by atoms with Gasteiger partial charge in [-0.05, 0) is 74.2 Å². The molecule has 4 rings (SSSR count). The Labute approximate surface area is 169 Å². The number of piperidine rings is 1. The van der Waals surface area contributed by atoms with Crippen LogP contribution in [0.3, 0.4) is 0 Å². The van der Waals surface area contributed by atoms with E-state index in [9.17, 15) is 12.8 Å². The van der Waals surface area contributed by atoms with E-state index in [1.165, 1.54) is 16.4 Å². The van der Waals surface area contributed by atoms with Crippen LogP contribution in [-0.2, 0) is 10.0 Å². The highest BCUT2D eigenvalue weighted by Gasteiger charge is 2.32. The van der Waals surface area contributed by atoms with Crippen molar-refractivity contribution in [2.45, 2.75) is 37.5 Å². The van der Waals surface area contributed by atoms with Crippen molar-refractivity contribution in [3.63, 3.8) is 0 Å². The summed E-state index contributed by atoms with van der Waals surface area (Å²) in [7, 11) is -3.52. The van der Waals surface area contributed by atoms with Crippen molar-refractivity contribution < 1.29 is 17.3 Å². The fourth-order valence-corrected chi connectivity index (χ4v) is 5.04. The molecule has 0 spiro atoms. The van der Waals surface area contributed by atoms with Crippen molar-refractivity contribution in [2.24, 2.45) is 0 Å². The molecular weight excluding hydrogens is 393 g/mol. The molecule has 0 N–H and O–H groups in total. The molecule has 8 heteroatoms. The van der Waals surface area contributed by atoms with E-state index >= 15 is 0 Å². The van der Waals surface area contributed by atoms with Gasteiger partial charge >= 0.3 is 0 Å². The quantitative estimate of drug-likeness (QED) is 0.642. The average Bonchev–Trinajstić information content (AvgIpc) is 3.21. The molecular formula is C21H22FN3O3S. The number of aryl methyl sites for hydroxylation is 2. The summed E-state index contributed by atoms with van der Waals surface area (Å²) in [6.07, 6.45) is 1.21. The van der Waals surface area contributed by atoms with Crippen LogP contribution in [0.4, 0.5) is 4.39 Å². The zero-order valence-corrected chi connectivity index (χ0v) is 17.1. The summed E-state index contributed by atoms with van der Waals surface area (Å²) in [5.41, 5.74) is 2.70. The van der Waals surface area contributed by atoms with Crippen LogP contribution >= 0.6 is 0 Å². The molecule has 3 aromatic rings. The molecule has 0 atom stereocenters. The summed E-state index contributed by atoms with van der Waals surface area (Å²) < 4.78 is 45.9. The second kappa shape index (κ2) is 7.68. The van der Waals surface area contributed by atoms with E-state index < -0.39 is 10.0 Å². The third-order valence-electron chi connectivity index (χ3n) is 5.46. The van der Waals surface area contributed by atoms with Gasteiger partial charge in [-0.15, -0.1) is 0 Å². The Hall–Kier alpha value is -2.58. The lowest BCUT2D eigenvalue weighted by Gasteiger charge is -2.29. The Morgan fingerprint density at radius 1 is 1.03 bits per heavy atom. The second-order valence-electron chi connectivity index (χ2n) is 7.39. The highest BCUT2D eigenvalue weighted by molar-refractivity contribution is 7.89. The minimum Gasteiger partial charge on any atom is -0.339 e. The fraction of sp³-hybridized carbons (Fsp3) is 0.333. The van der Waals surface area contributed by atoms with Gasteiger partial charge in [0.1, 0.15) is 5.82 Å². The first kappa shape index (κ1) is 19.7. The monoisotopic (exact) mass is 415 g/mol. The van der Waals surface area contributed by atoms with Crippen LogP contribution in [0.5, 0.6) is 0 Å². The molecule has 0 aliphatic carbocycles. The Balaban J connectivity index is 1.45. The minimum atomic E-state index is -3.52. The van der Waals surface area contributed by atoms with E-state index in [1.807, 2.05) is 19.9 Å². The normalized spacial score (nSPS) is 16.2. The molecule has 1 saturated heterocycles. The van der Waals surface area contributed by atoms with Gasteiger partial charge in [-0.1, -0.05) is 11.2 Å². The molecule has 152 valence electrons. The summed E-state index contributed by atoms with van der Waals surface area (Å²) in [6, 6.07) is 11.1. The van der Waals surface area contributed by atoms with E-state index in [2.05, 4.69) is 10.1 Å². The molecule has 1 aliphatic rings. The molecule has 0 bridgehead atoms. The first-order chi connectivity index (χ1) is 13.8. The van der Waals surface area contributed by atoms with Crippen LogP contribution in [0.1, 0.15) is 35.8 Å². The van der Waals surface area contributed by atoms with Gasteiger partial charge in [0.2, 0.25) is 21.7 Å². The first-order valence-electron chi connectivity index (χ1n) is 9.51. The summed E-state index contributed by atoms with van der Waals surface area (Å²) in [6.45, 7) is 4.67. The van der Waals surface area contributed by atoms with Crippen LogP contribution in [0, 0.1) is 19.7 Å². The fourth-order valence-electron chi connectivity index (χ4n) is 3.48. The largest absolute Gasteiger partial charge is 0.339 e. The number of hydrogen-bond donors (Lipinski definition) is 0. The molecule has 1 aliphatic heterocycles. The lowest BCUT2D eigenvalue weighted by atomic mass is 9.98. The number of hydrogen-bond acceptors (Lipinski definition) is 5. The van der Waals surface area contributed by atoms with Crippen LogP contribution < -0.4 is 0 Å². The van der Waals surface area contributed by atoms with Crippen LogP contribution in [0.15, 0.2) is 51.9 Å². The standard InChI is InChI=1S/C21H22FN3O3S/c1-14-3-8-19(13-15(14)2)29(26,27)25-11-9-17(10-12-25)21-23-20(24-28-21)16-4-6-18(22)7-5-16/h3-8,13,17H,9-12H2,1-2H3. The Morgan fingerprint density at radius 3 is 2.38 bits per heavy atom. The van der Waals surface area contributed by atoms with Crippen molar-refractivity contribution in [1.82, 2.24) is 14.4 Å². The number of aromatic nitrogens is 2. The maximum absolute atomic E-state index is 13.1. The number of sulfonamides is 1. The predicted octanol–water partition coefficient (Wildman–Crippen LogP) is 4.06. The lowest BCUT2D eigenvalue weighted by Crippen LogP contribution is -2.38. The van der Waals surface area contributed by atoms with E-state index in [0.717, 1.165) is 11.1 Å². The molecule has 1 fully saturated rings. The lowest BCUT2D eigenvalue weighted by molar-refractivity contribution is 0.271. The number of halogens is 1. The van der Waals surface area contributed by atoms with Crippen molar-refractivity contribution in [1.29, 1.82) is 0 Å². The maximum Gasteiger partial charge on any atom is 0.243 e. The molecule has 6 nitrogen and oxygen atoms in total. The molecule has 0 saturated carbocycles. The summed E-state index contributed by atoms with van der Waals surface area (Å²) in [5.74, 6) is 0.579. The maximum atomic E-state index is 13.1. The molecule has 2 aromatic carbocycles. The number of rotatable bonds is 4. The molecule has 0 amide bonds. The molecule has 1 aromatic heterocycles. The Kier molecular flexibility index (Phi) is 5.23. The van der Waals surface area contributed by atoms with Crippen molar-refractivity contribution in [2.75, 3.05) is 13.1 Å². The Bertz CT molecular complexity index is 1120. The summed E-state index contributed by atoms with van der Waals surface area (Å²) in [4.78, 5) is 4.76. The first-order valence-corrected chi connectivity index (χ1v) is 11.0. The van der Waals surface area contributed by atoms with Crippen LogP contribution in [0.25, 0.3) is 11.4 Å². The SMILES string of the molecule is Cc1ccc(S(=O)(=O)N2CCC(c3nc(-c4ccc(F)cc4)no3)CC2)cc1C. The van der Waals surface area contributed by atoms with E-state index in [0.29, 0.717) is 48.1 Å². The van der Waals surface area contributed by atoms with Crippen molar-refractivity contribution >= 4 is 10.0 Å². The molecule has 2 heterocycles. The van der Waals surface area contributed by atoms with E-state index in [1.54, 1.807) is 24.3 Å². The summed E-state index contributed by atoms with van der Waals surface area (Å²) in [5, 5.41) is 3.98. The zero-order valence-electron chi connectivity index (χ0n) is 16.3. The smallest absolute Gasteiger partial charge is 0.243 e. The average molecular weight is 415 g/mol. The Morgan fingerprint density at radius 2 is 1.72 bits per heavy atom. The molecule has 0 radical (unpaired) electrons. The van der Waals surface area contributed by atoms with Gasteiger partial charge in [0, 0.05) is 24.6 Å². The van der Waals surface area contributed by atoms with Gasteiger partial charge in [-0.2, -0.15) is 9.29 Å². The van der Waals surface area contributed by atoms with Gasteiger partial charge in [-0.3, -0.25) is 0 Å². The third kappa shape index (κ3) is 3.95. The van der Waals surface area contributed by atoms with Gasteiger partial charge < -0.3 is 4.52 Å². The highest BCUT2D eigenvalue weighted by atomic mass is 32.2.